The molecular formula is C16H26N2O4. The molecule has 0 aliphatic carbocycles. The van der Waals surface area contributed by atoms with Crippen LogP contribution in [0.5, 0.6) is 5.75 Å². The van der Waals surface area contributed by atoms with Crippen LogP contribution in [0.1, 0.15) is 20.3 Å². The topological polar surface area (TPSA) is 82.0 Å². The van der Waals surface area contributed by atoms with Crippen molar-refractivity contribution < 1.29 is 19.7 Å². The van der Waals surface area contributed by atoms with Crippen LogP contribution >= 0.6 is 0 Å². The van der Waals surface area contributed by atoms with Crippen LogP contribution in [0.4, 0.5) is 5.69 Å². The summed E-state index contributed by atoms with van der Waals surface area (Å²) in [5, 5.41) is 21.7. The zero-order chi connectivity index (χ0) is 16.4. The molecule has 0 heterocycles. The fourth-order valence-electron chi connectivity index (χ4n) is 2.13. The van der Waals surface area contributed by atoms with Crippen molar-refractivity contribution in [2.45, 2.75) is 26.4 Å². The second kappa shape index (κ2) is 10.2. The van der Waals surface area contributed by atoms with Crippen LogP contribution in [0.2, 0.25) is 0 Å². The Morgan fingerprint density at radius 3 is 2.55 bits per heavy atom. The Morgan fingerprint density at radius 1 is 1.32 bits per heavy atom. The fraction of sp³-hybridized carbons (Fsp3) is 0.562. The number of carbonyl (C=O) groups is 1. The summed E-state index contributed by atoms with van der Waals surface area (Å²) in [5.41, 5.74) is 0.706. The molecule has 1 atom stereocenters. The molecule has 1 unspecified atom stereocenters. The predicted octanol–water partition coefficient (Wildman–Crippen LogP) is 1.09. The van der Waals surface area contributed by atoms with E-state index < -0.39 is 6.10 Å². The van der Waals surface area contributed by atoms with Gasteiger partial charge in [0.15, 0.2) is 0 Å². The van der Waals surface area contributed by atoms with E-state index in [1.54, 1.807) is 24.3 Å². The average molecular weight is 310 g/mol. The number of ether oxygens (including phenoxy) is 1. The number of aliphatic hydroxyl groups is 2. The summed E-state index contributed by atoms with van der Waals surface area (Å²) in [6.07, 6.45) is 0.353. The summed E-state index contributed by atoms with van der Waals surface area (Å²) in [6.45, 7) is 5.64. The molecule has 0 saturated carbocycles. The summed E-state index contributed by atoms with van der Waals surface area (Å²) in [4.78, 5) is 12.9. The first kappa shape index (κ1) is 18.4. The molecule has 3 N–H and O–H groups in total. The molecule has 0 radical (unpaired) electrons. The Morgan fingerprint density at radius 2 is 2.00 bits per heavy atom. The number of hydrogen-bond acceptors (Lipinski definition) is 5. The Hall–Kier alpha value is -1.63. The van der Waals surface area contributed by atoms with E-state index in [9.17, 15) is 9.90 Å². The number of anilines is 1. The lowest BCUT2D eigenvalue weighted by molar-refractivity contribution is -0.114. The van der Waals surface area contributed by atoms with Gasteiger partial charge >= 0.3 is 0 Å². The van der Waals surface area contributed by atoms with Crippen LogP contribution in [-0.2, 0) is 4.79 Å². The van der Waals surface area contributed by atoms with Crippen molar-refractivity contribution in [1.82, 2.24) is 4.90 Å². The lowest BCUT2D eigenvalue weighted by atomic mass is 10.3. The van der Waals surface area contributed by atoms with Crippen LogP contribution in [0.25, 0.3) is 0 Å². The second-order valence-corrected chi connectivity index (χ2v) is 5.19. The van der Waals surface area contributed by atoms with Gasteiger partial charge in [-0.05, 0) is 37.2 Å². The number of carbonyl (C=O) groups excluding carboxylic acids is 1. The zero-order valence-corrected chi connectivity index (χ0v) is 13.3. The summed E-state index contributed by atoms with van der Waals surface area (Å²) in [6, 6.07) is 6.99. The first-order valence-electron chi connectivity index (χ1n) is 7.57. The van der Waals surface area contributed by atoms with E-state index in [4.69, 9.17) is 9.84 Å². The summed E-state index contributed by atoms with van der Waals surface area (Å²) in [5.74, 6) is 0.515. The molecule has 0 fully saturated rings. The number of hydrogen-bond donors (Lipinski definition) is 3. The first-order chi connectivity index (χ1) is 10.5. The fourth-order valence-corrected chi connectivity index (χ4v) is 2.13. The number of rotatable bonds is 10. The lowest BCUT2D eigenvalue weighted by Gasteiger charge is -2.23. The van der Waals surface area contributed by atoms with Crippen LogP contribution in [0.15, 0.2) is 24.3 Å². The molecular weight excluding hydrogens is 284 g/mol. The number of nitrogens with one attached hydrogen (secondary N) is 1. The van der Waals surface area contributed by atoms with Gasteiger partial charge < -0.3 is 20.3 Å². The largest absolute Gasteiger partial charge is 0.491 e. The number of amides is 1. The normalized spacial score (nSPS) is 12.2. The van der Waals surface area contributed by atoms with E-state index in [2.05, 4.69) is 12.2 Å². The van der Waals surface area contributed by atoms with Gasteiger partial charge in [0.25, 0.3) is 0 Å². The van der Waals surface area contributed by atoms with Gasteiger partial charge in [-0.2, -0.15) is 0 Å². The van der Waals surface area contributed by atoms with Gasteiger partial charge in [-0.15, -0.1) is 0 Å². The number of aliphatic hydroxyl groups excluding tert-OH is 2. The minimum Gasteiger partial charge on any atom is -0.491 e. The molecule has 0 aliphatic heterocycles. The number of benzene rings is 1. The summed E-state index contributed by atoms with van der Waals surface area (Å²) < 4.78 is 5.53. The van der Waals surface area contributed by atoms with Gasteiger partial charge in [-0.1, -0.05) is 6.92 Å². The highest BCUT2D eigenvalue weighted by Gasteiger charge is 2.11. The molecule has 22 heavy (non-hydrogen) atoms. The van der Waals surface area contributed by atoms with Crippen LogP contribution < -0.4 is 10.1 Å². The molecule has 6 nitrogen and oxygen atoms in total. The zero-order valence-electron chi connectivity index (χ0n) is 13.3. The van der Waals surface area contributed by atoms with Crippen molar-refractivity contribution in [3.8, 4) is 5.75 Å². The van der Waals surface area contributed by atoms with Crippen LogP contribution in [0, 0.1) is 0 Å². The average Bonchev–Trinajstić information content (AvgIpc) is 2.46. The minimum atomic E-state index is -0.617. The van der Waals surface area contributed by atoms with Gasteiger partial charge in [0, 0.05) is 25.7 Å². The molecule has 6 heteroatoms. The maximum atomic E-state index is 10.9. The van der Waals surface area contributed by atoms with Gasteiger partial charge in [0.05, 0.1) is 6.61 Å². The van der Waals surface area contributed by atoms with Gasteiger partial charge in [-0.25, -0.2) is 0 Å². The maximum Gasteiger partial charge on any atom is 0.221 e. The third kappa shape index (κ3) is 7.40. The number of nitrogens with zero attached hydrogens (tertiary/aromatic N) is 1. The van der Waals surface area contributed by atoms with Gasteiger partial charge in [-0.3, -0.25) is 9.69 Å². The van der Waals surface area contributed by atoms with Gasteiger partial charge in [0.1, 0.15) is 18.5 Å². The molecule has 0 spiro atoms. The molecule has 0 bridgehead atoms. The third-order valence-corrected chi connectivity index (χ3v) is 3.04. The van der Waals surface area contributed by atoms with Crippen molar-refractivity contribution in [2.24, 2.45) is 0 Å². The molecule has 0 saturated heterocycles. The smallest absolute Gasteiger partial charge is 0.221 e. The van der Waals surface area contributed by atoms with Crippen molar-refractivity contribution in [1.29, 1.82) is 0 Å². The SMILES string of the molecule is CCCN(CCO)CC(O)COc1ccc(NC(C)=O)cc1. The van der Waals surface area contributed by atoms with Crippen molar-refractivity contribution in [2.75, 3.05) is 38.2 Å². The predicted molar refractivity (Wildman–Crippen MR) is 86.1 cm³/mol. The second-order valence-electron chi connectivity index (χ2n) is 5.19. The quantitative estimate of drug-likeness (QED) is 0.603. The lowest BCUT2D eigenvalue weighted by Crippen LogP contribution is -2.37. The van der Waals surface area contributed by atoms with E-state index in [0.717, 1.165) is 13.0 Å². The Balaban J connectivity index is 2.39. The van der Waals surface area contributed by atoms with E-state index in [0.29, 0.717) is 24.5 Å². The molecule has 1 amide bonds. The van der Waals surface area contributed by atoms with Crippen LogP contribution in [-0.4, -0.2) is 60.0 Å². The standard InChI is InChI=1S/C16H26N2O4/c1-3-8-18(9-10-19)11-15(21)12-22-16-6-4-14(5-7-16)17-13(2)20/h4-7,15,19,21H,3,8-12H2,1-2H3,(H,17,20). The highest BCUT2D eigenvalue weighted by Crippen LogP contribution is 2.15. The molecule has 1 aromatic carbocycles. The van der Waals surface area contributed by atoms with E-state index in [1.807, 2.05) is 4.90 Å². The molecule has 0 aromatic heterocycles. The van der Waals surface area contributed by atoms with Gasteiger partial charge in [0.2, 0.25) is 5.91 Å². The van der Waals surface area contributed by atoms with E-state index in [1.165, 1.54) is 6.92 Å². The van der Waals surface area contributed by atoms with E-state index >= 15 is 0 Å². The van der Waals surface area contributed by atoms with Crippen LogP contribution in [0.3, 0.4) is 0 Å². The molecule has 1 aromatic rings. The Bertz CT molecular complexity index is 430. The molecule has 124 valence electrons. The Kier molecular flexibility index (Phi) is 8.50. The summed E-state index contributed by atoms with van der Waals surface area (Å²) >= 11 is 0. The highest BCUT2D eigenvalue weighted by molar-refractivity contribution is 5.88. The van der Waals surface area contributed by atoms with Crippen molar-refractivity contribution in [3.05, 3.63) is 24.3 Å². The van der Waals surface area contributed by atoms with Crippen molar-refractivity contribution >= 4 is 11.6 Å². The summed E-state index contributed by atoms with van der Waals surface area (Å²) in [7, 11) is 0. The first-order valence-corrected chi connectivity index (χ1v) is 7.57. The molecule has 1 rings (SSSR count). The maximum absolute atomic E-state index is 10.9. The highest BCUT2D eigenvalue weighted by atomic mass is 16.5. The monoisotopic (exact) mass is 310 g/mol. The minimum absolute atomic E-state index is 0.0815. The molecule has 0 aliphatic rings. The Labute approximate surface area is 131 Å². The van der Waals surface area contributed by atoms with Crippen molar-refractivity contribution in [3.63, 3.8) is 0 Å². The third-order valence-electron chi connectivity index (χ3n) is 3.04. The van der Waals surface area contributed by atoms with E-state index in [-0.39, 0.29) is 19.1 Å².